The predicted molar refractivity (Wildman–Crippen MR) is 116 cm³/mol. The third-order valence-electron chi connectivity index (χ3n) is 5.96. The van der Waals surface area contributed by atoms with Gasteiger partial charge < -0.3 is 4.74 Å². The van der Waals surface area contributed by atoms with Gasteiger partial charge in [0.2, 0.25) is 0 Å². The number of rotatable bonds is 7. The Bertz CT molecular complexity index is 722. The van der Waals surface area contributed by atoms with Crippen LogP contribution in [0.15, 0.2) is 42.5 Å². The fraction of sp³-hybridized carbons (Fsp3) is 0.520. The second-order valence-electron chi connectivity index (χ2n) is 7.98. The van der Waals surface area contributed by atoms with Crippen molar-refractivity contribution >= 4 is 11.6 Å². The number of hydrogen-bond acceptors (Lipinski definition) is 1. The third kappa shape index (κ3) is 5.36. The molecule has 1 aliphatic heterocycles. The van der Waals surface area contributed by atoms with E-state index in [1.54, 1.807) is 0 Å². The lowest BCUT2D eigenvalue weighted by atomic mass is 9.85. The van der Waals surface area contributed by atoms with Crippen molar-refractivity contribution < 1.29 is 4.74 Å². The van der Waals surface area contributed by atoms with Crippen LogP contribution in [0.3, 0.4) is 0 Å². The molecule has 1 fully saturated rings. The highest BCUT2D eigenvalue weighted by Crippen LogP contribution is 2.38. The molecule has 0 N–H and O–H groups in total. The molecular formula is C25H33ClO. The molecular weight excluding hydrogens is 352 g/mol. The van der Waals surface area contributed by atoms with Crippen LogP contribution in [0.4, 0.5) is 0 Å². The van der Waals surface area contributed by atoms with E-state index in [0.29, 0.717) is 6.10 Å². The minimum Gasteiger partial charge on any atom is -0.370 e. The molecule has 3 atom stereocenters. The highest BCUT2D eigenvalue weighted by atomic mass is 35.5. The Labute approximate surface area is 170 Å². The van der Waals surface area contributed by atoms with Gasteiger partial charge in [-0.2, -0.15) is 0 Å². The Kier molecular flexibility index (Phi) is 7.38. The minimum absolute atomic E-state index is 0.207. The quantitative estimate of drug-likeness (QED) is 0.479. The molecule has 1 aliphatic rings. The molecule has 1 nitrogen and oxygen atoms in total. The number of benzene rings is 2. The Morgan fingerprint density at radius 1 is 0.963 bits per heavy atom. The van der Waals surface area contributed by atoms with Crippen molar-refractivity contribution in [2.24, 2.45) is 5.92 Å². The van der Waals surface area contributed by atoms with Gasteiger partial charge in [0, 0.05) is 5.02 Å². The molecule has 0 saturated carbocycles. The molecule has 0 spiro atoms. The molecule has 1 saturated heterocycles. The van der Waals surface area contributed by atoms with Crippen LogP contribution >= 0.6 is 11.6 Å². The largest absolute Gasteiger partial charge is 0.370 e. The Morgan fingerprint density at radius 2 is 1.70 bits per heavy atom. The third-order valence-corrected chi connectivity index (χ3v) is 6.32. The first kappa shape index (κ1) is 20.4. The van der Waals surface area contributed by atoms with Gasteiger partial charge in [-0.3, -0.25) is 0 Å². The van der Waals surface area contributed by atoms with E-state index < -0.39 is 0 Å². The second kappa shape index (κ2) is 9.75. The monoisotopic (exact) mass is 384 g/mol. The maximum Gasteiger partial charge on any atom is 0.0831 e. The molecule has 146 valence electrons. The van der Waals surface area contributed by atoms with E-state index in [1.807, 2.05) is 0 Å². The van der Waals surface area contributed by atoms with Crippen molar-refractivity contribution in [3.63, 3.8) is 0 Å². The van der Waals surface area contributed by atoms with Gasteiger partial charge in [0.05, 0.1) is 12.2 Å². The molecule has 1 heterocycles. The predicted octanol–water partition coefficient (Wildman–Crippen LogP) is 7.54. The van der Waals surface area contributed by atoms with E-state index in [2.05, 4.69) is 63.2 Å². The smallest absolute Gasteiger partial charge is 0.0831 e. The Morgan fingerprint density at radius 3 is 2.37 bits per heavy atom. The van der Waals surface area contributed by atoms with Gasteiger partial charge in [0.1, 0.15) is 0 Å². The second-order valence-corrected chi connectivity index (χ2v) is 8.39. The lowest BCUT2D eigenvalue weighted by molar-refractivity contribution is -0.0769. The molecule has 0 aromatic heterocycles. The van der Waals surface area contributed by atoms with E-state index in [1.165, 1.54) is 41.5 Å². The van der Waals surface area contributed by atoms with Crippen molar-refractivity contribution in [2.75, 3.05) is 0 Å². The standard InChI is InChI=1S/C25H33ClO/c1-4-7-23-15-19(6-3)16-25(27-23)21-12-13-24(26)22(17-21)14-20-10-8-18(5-2)9-11-20/h8-13,17,19,23,25H,4-7,14-16H2,1-3H3. The van der Waals surface area contributed by atoms with Crippen LogP contribution in [0, 0.1) is 5.92 Å². The van der Waals surface area contributed by atoms with E-state index in [9.17, 15) is 0 Å². The van der Waals surface area contributed by atoms with Gasteiger partial charge in [0.15, 0.2) is 0 Å². The average molecular weight is 385 g/mol. The van der Waals surface area contributed by atoms with Crippen molar-refractivity contribution in [3.8, 4) is 0 Å². The SMILES string of the molecule is CCCC1CC(CC)CC(c2ccc(Cl)c(Cc3ccc(CC)cc3)c2)O1. The summed E-state index contributed by atoms with van der Waals surface area (Å²) in [5, 5.41) is 0.853. The summed E-state index contributed by atoms with van der Waals surface area (Å²) in [6.07, 6.45) is 8.49. The van der Waals surface area contributed by atoms with Gasteiger partial charge in [-0.1, -0.05) is 81.6 Å². The zero-order chi connectivity index (χ0) is 19.2. The summed E-state index contributed by atoms with van der Waals surface area (Å²) in [6, 6.07) is 15.4. The summed E-state index contributed by atoms with van der Waals surface area (Å²) in [5.74, 6) is 0.765. The molecule has 0 aliphatic carbocycles. The van der Waals surface area contributed by atoms with Gasteiger partial charge in [-0.25, -0.2) is 0 Å². The van der Waals surface area contributed by atoms with Gasteiger partial charge in [-0.05, 0) is 66.3 Å². The molecule has 0 radical (unpaired) electrons. The molecule has 3 rings (SSSR count). The van der Waals surface area contributed by atoms with E-state index in [0.717, 1.165) is 36.6 Å². The van der Waals surface area contributed by atoms with Crippen LogP contribution in [0.1, 0.15) is 81.2 Å². The summed E-state index contributed by atoms with van der Waals surface area (Å²) in [7, 11) is 0. The molecule has 0 amide bonds. The first-order valence-electron chi connectivity index (χ1n) is 10.6. The van der Waals surface area contributed by atoms with E-state index >= 15 is 0 Å². The molecule has 2 aromatic carbocycles. The first-order valence-corrected chi connectivity index (χ1v) is 11.0. The van der Waals surface area contributed by atoms with Gasteiger partial charge in [0.25, 0.3) is 0 Å². The summed E-state index contributed by atoms with van der Waals surface area (Å²) in [6.45, 7) is 6.75. The van der Waals surface area contributed by atoms with Crippen LogP contribution in [0.25, 0.3) is 0 Å². The lowest BCUT2D eigenvalue weighted by Crippen LogP contribution is -2.28. The molecule has 0 bridgehead atoms. The molecule has 2 aromatic rings. The summed E-state index contributed by atoms with van der Waals surface area (Å²) < 4.78 is 6.48. The van der Waals surface area contributed by atoms with Crippen molar-refractivity contribution in [3.05, 3.63) is 69.7 Å². The van der Waals surface area contributed by atoms with Crippen LogP contribution in [0.5, 0.6) is 0 Å². The zero-order valence-corrected chi connectivity index (χ0v) is 17.8. The number of hydrogen-bond donors (Lipinski definition) is 0. The number of halogens is 1. The fourth-order valence-corrected chi connectivity index (χ4v) is 4.40. The fourth-order valence-electron chi connectivity index (χ4n) is 4.21. The Balaban J connectivity index is 1.78. The maximum absolute atomic E-state index is 6.54. The van der Waals surface area contributed by atoms with Crippen molar-refractivity contribution in [1.29, 1.82) is 0 Å². The van der Waals surface area contributed by atoms with Crippen LogP contribution in [-0.2, 0) is 17.6 Å². The first-order chi connectivity index (χ1) is 13.1. The lowest BCUT2D eigenvalue weighted by Gasteiger charge is -2.35. The molecule has 27 heavy (non-hydrogen) atoms. The zero-order valence-electron chi connectivity index (χ0n) is 17.0. The van der Waals surface area contributed by atoms with Crippen molar-refractivity contribution in [1.82, 2.24) is 0 Å². The average Bonchev–Trinajstić information content (AvgIpc) is 2.70. The number of aryl methyl sites for hydroxylation is 1. The van der Waals surface area contributed by atoms with Crippen LogP contribution in [0.2, 0.25) is 5.02 Å². The maximum atomic E-state index is 6.54. The highest BCUT2D eigenvalue weighted by Gasteiger charge is 2.29. The molecule has 3 unspecified atom stereocenters. The minimum atomic E-state index is 0.207. The summed E-state index contributed by atoms with van der Waals surface area (Å²) in [5.41, 5.74) is 5.18. The van der Waals surface area contributed by atoms with E-state index in [-0.39, 0.29) is 6.10 Å². The van der Waals surface area contributed by atoms with Crippen LogP contribution < -0.4 is 0 Å². The van der Waals surface area contributed by atoms with Gasteiger partial charge in [-0.15, -0.1) is 0 Å². The number of ether oxygens (including phenoxy) is 1. The normalized spacial score (nSPS) is 22.7. The summed E-state index contributed by atoms with van der Waals surface area (Å²) in [4.78, 5) is 0. The van der Waals surface area contributed by atoms with E-state index in [4.69, 9.17) is 16.3 Å². The Hall–Kier alpha value is -1.31. The molecule has 2 heteroatoms. The topological polar surface area (TPSA) is 9.23 Å². The van der Waals surface area contributed by atoms with Crippen molar-refractivity contribution in [2.45, 2.75) is 77.9 Å². The van der Waals surface area contributed by atoms with Crippen LogP contribution in [-0.4, -0.2) is 6.10 Å². The summed E-state index contributed by atoms with van der Waals surface area (Å²) >= 11 is 6.54. The van der Waals surface area contributed by atoms with Gasteiger partial charge >= 0.3 is 0 Å². The highest BCUT2D eigenvalue weighted by molar-refractivity contribution is 6.31.